The summed E-state index contributed by atoms with van der Waals surface area (Å²) in [6.07, 6.45) is 3.59. The van der Waals surface area contributed by atoms with Crippen LogP contribution in [0.4, 0.5) is 0 Å². The third-order valence-electron chi connectivity index (χ3n) is 6.23. The standard InChI is InChI=1S/C29H39N3O4/c1-18(2)16-32(17-19(3)4)29(34)24(13-25-21(6)27(35-7)20(5)14-30-25)28(33)31-15-22-8-9-26-23(12-22)10-11-36-26/h8-12,14,18-19,24H,13,15-17H2,1-7H3,(H,31,33). The number of amides is 2. The van der Waals surface area contributed by atoms with E-state index in [1.165, 1.54) is 0 Å². The van der Waals surface area contributed by atoms with Gasteiger partial charge in [0.2, 0.25) is 11.8 Å². The second-order valence-corrected chi connectivity index (χ2v) is 10.3. The number of hydrogen-bond donors (Lipinski definition) is 1. The summed E-state index contributed by atoms with van der Waals surface area (Å²) in [5, 5.41) is 3.98. The van der Waals surface area contributed by atoms with Crippen LogP contribution in [0.2, 0.25) is 0 Å². The Bertz CT molecular complexity index is 1190. The van der Waals surface area contributed by atoms with Gasteiger partial charge in [0.25, 0.3) is 0 Å². The summed E-state index contributed by atoms with van der Waals surface area (Å²) in [4.78, 5) is 33.8. The van der Waals surface area contributed by atoms with Crippen LogP contribution in [-0.4, -0.2) is 41.9 Å². The molecule has 2 amide bonds. The van der Waals surface area contributed by atoms with Crippen LogP contribution in [0.1, 0.15) is 50.1 Å². The van der Waals surface area contributed by atoms with E-state index in [4.69, 9.17) is 9.15 Å². The van der Waals surface area contributed by atoms with Crippen LogP contribution in [0, 0.1) is 31.6 Å². The van der Waals surface area contributed by atoms with Crippen LogP contribution in [0.15, 0.2) is 41.1 Å². The Kier molecular flexibility index (Phi) is 9.13. The molecule has 1 aromatic carbocycles. The minimum Gasteiger partial charge on any atom is -0.496 e. The molecule has 0 saturated carbocycles. The number of aromatic nitrogens is 1. The molecular formula is C29H39N3O4. The number of carbonyl (C=O) groups excluding carboxylic acids is 2. The molecule has 0 saturated heterocycles. The molecule has 36 heavy (non-hydrogen) atoms. The van der Waals surface area contributed by atoms with Crippen molar-refractivity contribution < 1.29 is 18.7 Å². The zero-order valence-corrected chi connectivity index (χ0v) is 22.6. The Morgan fingerprint density at radius 1 is 1.08 bits per heavy atom. The van der Waals surface area contributed by atoms with Gasteiger partial charge in [0, 0.05) is 54.5 Å². The van der Waals surface area contributed by atoms with E-state index in [2.05, 4.69) is 38.0 Å². The number of furan rings is 1. The van der Waals surface area contributed by atoms with Crippen molar-refractivity contribution in [2.75, 3.05) is 20.2 Å². The van der Waals surface area contributed by atoms with Crippen molar-refractivity contribution in [3.63, 3.8) is 0 Å². The lowest BCUT2D eigenvalue weighted by Gasteiger charge is -2.30. The van der Waals surface area contributed by atoms with Crippen LogP contribution < -0.4 is 10.1 Å². The Balaban J connectivity index is 1.88. The minimum absolute atomic E-state index is 0.166. The molecule has 1 unspecified atom stereocenters. The number of pyridine rings is 1. The van der Waals surface area contributed by atoms with Gasteiger partial charge in [0.05, 0.1) is 13.4 Å². The Labute approximate surface area is 214 Å². The summed E-state index contributed by atoms with van der Waals surface area (Å²) in [5.74, 6) is -0.0404. The molecule has 0 spiro atoms. The highest BCUT2D eigenvalue weighted by Crippen LogP contribution is 2.26. The fourth-order valence-electron chi connectivity index (χ4n) is 4.56. The van der Waals surface area contributed by atoms with Crippen molar-refractivity contribution >= 4 is 22.8 Å². The van der Waals surface area contributed by atoms with E-state index in [1.54, 1.807) is 19.6 Å². The number of rotatable bonds is 11. The van der Waals surface area contributed by atoms with Gasteiger partial charge in [-0.05, 0) is 49.4 Å². The molecule has 0 radical (unpaired) electrons. The largest absolute Gasteiger partial charge is 0.496 e. The smallest absolute Gasteiger partial charge is 0.235 e. The molecule has 194 valence electrons. The van der Waals surface area contributed by atoms with Crippen LogP contribution >= 0.6 is 0 Å². The first-order chi connectivity index (χ1) is 17.1. The van der Waals surface area contributed by atoms with E-state index in [0.29, 0.717) is 25.3 Å². The summed E-state index contributed by atoms with van der Waals surface area (Å²) in [6, 6.07) is 7.68. The van der Waals surface area contributed by atoms with Crippen LogP contribution in [0.25, 0.3) is 11.0 Å². The number of nitrogens with one attached hydrogen (secondary N) is 1. The molecule has 3 aromatic rings. The number of ether oxygens (including phenoxy) is 1. The van der Waals surface area contributed by atoms with E-state index >= 15 is 0 Å². The normalized spacial score (nSPS) is 12.2. The van der Waals surface area contributed by atoms with E-state index in [-0.39, 0.29) is 30.1 Å². The summed E-state index contributed by atoms with van der Waals surface area (Å²) in [5.41, 5.74) is 4.21. The van der Waals surface area contributed by atoms with Crippen LogP contribution in [-0.2, 0) is 22.6 Å². The van der Waals surface area contributed by atoms with E-state index in [0.717, 1.165) is 33.4 Å². The maximum atomic E-state index is 13.8. The van der Waals surface area contributed by atoms with Gasteiger partial charge in [-0.3, -0.25) is 14.6 Å². The van der Waals surface area contributed by atoms with Crippen molar-refractivity contribution in [1.29, 1.82) is 0 Å². The van der Waals surface area contributed by atoms with Gasteiger partial charge in [0.15, 0.2) is 0 Å². The first kappa shape index (κ1) is 27.2. The SMILES string of the molecule is COc1c(C)cnc(CC(C(=O)NCc2ccc3occc3c2)C(=O)N(CC(C)C)CC(C)C)c1C. The molecule has 3 rings (SSSR count). The van der Waals surface area contributed by atoms with Gasteiger partial charge >= 0.3 is 0 Å². The zero-order chi connectivity index (χ0) is 26.4. The second-order valence-electron chi connectivity index (χ2n) is 10.3. The minimum atomic E-state index is -0.890. The lowest BCUT2D eigenvalue weighted by atomic mass is 9.95. The molecule has 0 bridgehead atoms. The van der Waals surface area contributed by atoms with Crippen molar-refractivity contribution in [2.24, 2.45) is 17.8 Å². The topological polar surface area (TPSA) is 84.7 Å². The Morgan fingerprint density at radius 2 is 1.78 bits per heavy atom. The number of nitrogens with zero attached hydrogens (tertiary/aromatic N) is 2. The summed E-state index contributed by atoms with van der Waals surface area (Å²) >= 11 is 0. The van der Waals surface area contributed by atoms with Gasteiger partial charge in [-0.2, -0.15) is 0 Å². The van der Waals surface area contributed by atoms with Crippen LogP contribution in [0.3, 0.4) is 0 Å². The predicted octanol–water partition coefficient (Wildman–Crippen LogP) is 5.07. The van der Waals surface area contributed by atoms with Crippen LogP contribution in [0.5, 0.6) is 5.75 Å². The molecule has 0 fully saturated rings. The monoisotopic (exact) mass is 493 g/mol. The predicted molar refractivity (Wildman–Crippen MR) is 142 cm³/mol. The first-order valence-corrected chi connectivity index (χ1v) is 12.6. The lowest BCUT2D eigenvalue weighted by Crippen LogP contribution is -2.47. The van der Waals surface area contributed by atoms with Crippen molar-refractivity contribution in [2.45, 2.75) is 54.5 Å². The van der Waals surface area contributed by atoms with Gasteiger partial charge in [-0.25, -0.2) is 0 Å². The van der Waals surface area contributed by atoms with Gasteiger partial charge in [0.1, 0.15) is 17.3 Å². The quantitative estimate of drug-likeness (QED) is 0.377. The highest BCUT2D eigenvalue weighted by atomic mass is 16.5. The molecule has 0 aliphatic rings. The number of benzene rings is 1. The molecule has 7 nitrogen and oxygen atoms in total. The highest BCUT2D eigenvalue weighted by Gasteiger charge is 2.33. The number of hydrogen-bond acceptors (Lipinski definition) is 5. The number of methoxy groups -OCH3 is 1. The maximum Gasteiger partial charge on any atom is 0.235 e. The first-order valence-electron chi connectivity index (χ1n) is 12.6. The molecule has 1 N–H and O–H groups in total. The highest BCUT2D eigenvalue weighted by molar-refractivity contribution is 6.00. The molecule has 0 aliphatic carbocycles. The molecule has 7 heteroatoms. The number of aryl methyl sites for hydroxylation is 1. The van der Waals surface area contributed by atoms with Gasteiger partial charge < -0.3 is 19.4 Å². The lowest BCUT2D eigenvalue weighted by molar-refractivity contribution is -0.143. The zero-order valence-electron chi connectivity index (χ0n) is 22.6. The third-order valence-corrected chi connectivity index (χ3v) is 6.23. The average Bonchev–Trinajstić information content (AvgIpc) is 3.29. The summed E-state index contributed by atoms with van der Waals surface area (Å²) in [7, 11) is 1.62. The second kappa shape index (κ2) is 12.1. The van der Waals surface area contributed by atoms with E-state index in [9.17, 15) is 9.59 Å². The average molecular weight is 494 g/mol. The van der Waals surface area contributed by atoms with Gasteiger partial charge in [-0.1, -0.05) is 33.8 Å². The third kappa shape index (κ3) is 6.65. The number of carbonyl (C=O) groups is 2. The molecule has 1 atom stereocenters. The fourth-order valence-corrected chi connectivity index (χ4v) is 4.56. The van der Waals surface area contributed by atoms with Crippen molar-refractivity contribution in [1.82, 2.24) is 15.2 Å². The molecular weight excluding hydrogens is 454 g/mol. The summed E-state index contributed by atoms with van der Waals surface area (Å²) in [6.45, 7) is 13.7. The molecule has 0 aliphatic heterocycles. The molecule has 2 aromatic heterocycles. The maximum absolute atomic E-state index is 13.8. The molecule has 2 heterocycles. The van der Waals surface area contributed by atoms with E-state index < -0.39 is 5.92 Å². The van der Waals surface area contributed by atoms with Crippen molar-refractivity contribution in [3.05, 3.63) is 59.1 Å². The summed E-state index contributed by atoms with van der Waals surface area (Å²) < 4.78 is 11.0. The fraction of sp³-hybridized carbons (Fsp3) is 0.483. The Hall–Kier alpha value is -3.35. The van der Waals surface area contributed by atoms with Crippen molar-refractivity contribution in [3.8, 4) is 5.75 Å². The van der Waals surface area contributed by atoms with E-state index in [1.807, 2.05) is 43.0 Å². The Morgan fingerprint density at radius 3 is 2.42 bits per heavy atom. The number of fused-ring (bicyclic) bond motifs is 1. The van der Waals surface area contributed by atoms with Gasteiger partial charge in [-0.15, -0.1) is 0 Å².